The Morgan fingerprint density at radius 3 is 2.20 bits per heavy atom. The maximum absolute atomic E-state index is 12.0. The molecule has 5 aromatic rings. The molecule has 11 heteroatoms. The SMILES string of the molecule is CS(=O)(=O)Nc1cc(-n2cc(-c3ccc(Cl)cc3Cl)nc2Cc2ccc(-c3ccc(O)cc3)cc2)ccc1C(=O)O. The van der Waals surface area contributed by atoms with Crippen molar-refractivity contribution in [1.82, 2.24) is 9.55 Å². The van der Waals surface area contributed by atoms with Gasteiger partial charge in [-0.1, -0.05) is 59.6 Å². The van der Waals surface area contributed by atoms with Crippen molar-refractivity contribution in [2.45, 2.75) is 6.42 Å². The van der Waals surface area contributed by atoms with E-state index < -0.39 is 16.0 Å². The van der Waals surface area contributed by atoms with Crippen LogP contribution in [0.25, 0.3) is 28.1 Å². The molecule has 4 aromatic carbocycles. The van der Waals surface area contributed by atoms with Gasteiger partial charge >= 0.3 is 5.97 Å². The zero-order valence-corrected chi connectivity index (χ0v) is 23.9. The lowest BCUT2D eigenvalue weighted by atomic mass is 10.0. The molecule has 1 aromatic heterocycles. The van der Waals surface area contributed by atoms with Gasteiger partial charge in [0.25, 0.3) is 0 Å². The van der Waals surface area contributed by atoms with Crippen molar-refractivity contribution in [1.29, 1.82) is 0 Å². The molecule has 5 rings (SSSR count). The number of anilines is 1. The van der Waals surface area contributed by atoms with Crippen LogP contribution in [0.3, 0.4) is 0 Å². The number of imidazole rings is 1. The average molecular weight is 609 g/mol. The maximum Gasteiger partial charge on any atom is 0.337 e. The first-order valence-electron chi connectivity index (χ1n) is 12.2. The molecule has 0 atom stereocenters. The molecule has 0 aliphatic carbocycles. The van der Waals surface area contributed by atoms with Crippen LogP contribution in [0, 0.1) is 0 Å². The molecule has 208 valence electrons. The summed E-state index contributed by atoms with van der Waals surface area (Å²) in [7, 11) is -3.75. The summed E-state index contributed by atoms with van der Waals surface area (Å²) in [6.07, 6.45) is 3.11. The lowest BCUT2D eigenvalue weighted by Gasteiger charge is -2.13. The highest BCUT2D eigenvalue weighted by molar-refractivity contribution is 7.92. The lowest BCUT2D eigenvalue weighted by Crippen LogP contribution is -2.14. The number of carbonyl (C=O) groups is 1. The number of nitrogens with zero attached hydrogens (tertiary/aromatic N) is 2. The van der Waals surface area contributed by atoms with Crippen molar-refractivity contribution in [3.05, 3.63) is 118 Å². The van der Waals surface area contributed by atoms with Gasteiger partial charge in [0, 0.05) is 28.9 Å². The van der Waals surface area contributed by atoms with Gasteiger partial charge in [-0.15, -0.1) is 0 Å². The molecule has 1 heterocycles. The number of phenolic OH excluding ortho intramolecular Hbond substituents is 1. The highest BCUT2D eigenvalue weighted by atomic mass is 35.5. The summed E-state index contributed by atoms with van der Waals surface area (Å²) < 4.78 is 28.0. The first-order chi connectivity index (χ1) is 19.5. The standard InChI is InChI=1S/C30H23Cl2N3O5S/c1-41(39,40)34-27-16-22(9-13-25(27)30(37)38)35-17-28(24-12-8-21(31)15-26(24)32)33-29(35)14-18-2-4-19(5-3-18)20-6-10-23(36)11-7-20/h2-13,15-17,34,36H,14H2,1H3,(H,37,38). The Hall–Kier alpha value is -4.31. The second-order valence-electron chi connectivity index (χ2n) is 9.37. The van der Waals surface area contributed by atoms with E-state index in [2.05, 4.69) is 4.72 Å². The quantitative estimate of drug-likeness (QED) is 0.177. The Morgan fingerprint density at radius 2 is 1.59 bits per heavy atom. The van der Waals surface area contributed by atoms with Gasteiger partial charge in [-0.3, -0.25) is 4.72 Å². The molecule has 3 N–H and O–H groups in total. The van der Waals surface area contributed by atoms with Gasteiger partial charge in [0.05, 0.1) is 28.2 Å². The van der Waals surface area contributed by atoms with Gasteiger partial charge in [0.1, 0.15) is 11.6 Å². The van der Waals surface area contributed by atoms with Crippen LogP contribution < -0.4 is 4.72 Å². The van der Waals surface area contributed by atoms with E-state index in [1.807, 2.05) is 36.4 Å². The molecule has 0 bridgehead atoms. The van der Waals surface area contributed by atoms with Crippen LogP contribution in [0.1, 0.15) is 21.7 Å². The minimum Gasteiger partial charge on any atom is -0.508 e. The number of aromatic hydroxyl groups is 1. The van der Waals surface area contributed by atoms with E-state index in [0.717, 1.165) is 22.9 Å². The van der Waals surface area contributed by atoms with Crippen LogP contribution in [-0.2, 0) is 16.4 Å². The molecule has 0 fully saturated rings. The first-order valence-corrected chi connectivity index (χ1v) is 14.9. The molecule has 0 radical (unpaired) electrons. The Bertz CT molecular complexity index is 1870. The number of hydrogen-bond acceptors (Lipinski definition) is 5. The van der Waals surface area contributed by atoms with Crippen molar-refractivity contribution >= 4 is 44.9 Å². The van der Waals surface area contributed by atoms with Gasteiger partial charge in [0.2, 0.25) is 10.0 Å². The number of benzene rings is 4. The van der Waals surface area contributed by atoms with E-state index in [1.165, 1.54) is 12.1 Å². The van der Waals surface area contributed by atoms with E-state index in [-0.39, 0.29) is 17.0 Å². The van der Waals surface area contributed by atoms with Crippen LogP contribution in [0.5, 0.6) is 5.75 Å². The monoisotopic (exact) mass is 607 g/mol. The second-order valence-corrected chi connectivity index (χ2v) is 12.0. The van der Waals surface area contributed by atoms with E-state index in [9.17, 15) is 23.4 Å². The number of hydrogen-bond donors (Lipinski definition) is 3. The second kappa shape index (κ2) is 11.3. The Kier molecular flexibility index (Phi) is 7.77. The molecule has 8 nitrogen and oxygen atoms in total. The largest absolute Gasteiger partial charge is 0.508 e. The molecule has 0 saturated carbocycles. The number of sulfonamides is 1. The molecule has 0 aliphatic rings. The molecule has 0 unspecified atom stereocenters. The summed E-state index contributed by atoms with van der Waals surface area (Å²) in [5, 5.41) is 20.1. The number of carboxylic acids is 1. The Morgan fingerprint density at radius 1 is 0.927 bits per heavy atom. The molecule has 0 aliphatic heterocycles. The topological polar surface area (TPSA) is 122 Å². The number of aromatic carboxylic acids is 1. The molecular formula is C30H23Cl2N3O5S. The molecular weight excluding hydrogens is 585 g/mol. The molecule has 0 spiro atoms. The number of rotatable bonds is 8. The third-order valence-corrected chi connectivity index (χ3v) is 7.45. The van der Waals surface area contributed by atoms with E-state index in [4.69, 9.17) is 28.2 Å². The fraction of sp³-hybridized carbons (Fsp3) is 0.0667. The average Bonchev–Trinajstić information content (AvgIpc) is 3.32. The predicted molar refractivity (Wildman–Crippen MR) is 161 cm³/mol. The van der Waals surface area contributed by atoms with Gasteiger partial charge in [0.15, 0.2) is 0 Å². The van der Waals surface area contributed by atoms with Crippen LogP contribution in [0.4, 0.5) is 5.69 Å². The summed E-state index contributed by atoms with van der Waals surface area (Å²) in [6.45, 7) is 0. The van der Waals surface area contributed by atoms with Crippen molar-refractivity contribution in [2.24, 2.45) is 0 Å². The van der Waals surface area contributed by atoms with Crippen LogP contribution >= 0.6 is 23.2 Å². The lowest BCUT2D eigenvalue weighted by molar-refractivity contribution is 0.0698. The van der Waals surface area contributed by atoms with Crippen LogP contribution in [0.2, 0.25) is 10.0 Å². The number of halogens is 2. The fourth-order valence-corrected chi connectivity index (χ4v) is 5.47. The van der Waals surface area contributed by atoms with E-state index >= 15 is 0 Å². The summed E-state index contributed by atoms with van der Waals surface area (Å²) in [6, 6.07) is 24.3. The predicted octanol–water partition coefficient (Wildman–Crippen LogP) is 6.88. The summed E-state index contributed by atoms with van der Waals surface area (Å²) in [5.74, 6) is -0.465. The third-order valence-electron chi connectivity index (χ3n) is 6.31. The van der Waals surface area contributed by atoms with Crippen molar-refractivity contribution < 1.29 is 23.4 Å². The smallest absolute Gasteiger partial charge is 0.337 e. The Labute approximate surface area is 246 Å². The van der Waals surface area contributed by atoms with Crippen LogP contribution in [0.15, 0.2) is 91.1 Å². The Balaban J connectivity index is 1.58. The number of aromatic nitrogens is 2. The third kappa shape index (κ3) is 6.54. The first kappa shape index (κ1) is 28.2. The summed E-state index contributed by atoms with van der Waals surface area (Å²) in [5.41, 5.74) is 4.34. The number of phenols is 1. The minimum absolute atomic E-state index is 0.0681. The van der Waals surface area contributed by atoms with E-state index in [1.54, 1.807) is 47.2 Å². The zero-order valence-electron chi connectivity index (χ0n) is 21.5. The molecule has 41 heavy (non-hydrogen) atoms. The van der Waals surface area contributed by atoms with Gasteiger partial charge in [-0.25, -0.2) is 18.2 Å². The fourth-order valence-electron chi connectivity index (χ4n) is 4.40. The minimum atomic E-state index is -3.75. The highest BCUT2D eigenvalue weighted by Gasteiger charge is 2.18. The number of carboxylic acid groups (broad SMARTS) is 1. The number of nitrogens with one attached hydrogen (secondary N) is 1. The van der Waals surface area contributed by atoms with Crippen molar-refractivity contribution in [3.8, 4) is 33.8 Å². The molecule has 0 amide bonds. The van der Waals surface area contributed by atoms with Gasteiger partial charge in [-0.2, -0.15) is 0 Å². The normalized spacial score (nSPS) is 11.4. The zero-order chi connectivity index (χ0) is 29.3. The summed E-state index contributed by atoms with van der Waals surface area (Å²) in [4.78, 5) is 16.6. The highest BCUT2D eigenvalue weighted by Crippen LogP contribution is 2.32. The molecule has 0 saturated heterocycles. The van der Waals surface area contributed by atoms with Crippen molar-refractivity contribution in [3.63, 3.8) is 0 Å². The van der Waals surface area contributed by atoms with E-state index in [0.29, 0.717) is 39.2 Å². The maximum atomic E-state index is 12.0. The van der Waals surface area contributed by atoms with Gasteiger partial charge in [-0.05, 0) is 65.2 Å². The van der Waals surface area contributed by atoms with Crippen molar-refractivity contribution in [2.75, 3.05) is 11.0 Å². The van der Waals surface area contributed by atoms with Crippen LogP contribution in [-0.4, -0.2) is 40.4 Å². The summed E-state index contributed by atoms with van der Waals surface area (Å²) >= 11 is 12.6. The van der Waals surface area contributed by atoms with Gasteiger partial charge < -0.3 is 14.8 Å².